The van der Waals surface area contributed by atoms with E-state index >= 15 is 0 Å². The van der Waals surface area contributed by atoms with Gasteiger partial charge in [0.2, 0.25) is 0 Å². The Labute approximate surface area is 119 Å². The molecule has 0 aliphatic carbocycles. The fourth-order valence-corrected chi connectivity index (χ4v) is 2.06. The van der Waals surface area contributed by atoms with Crippen molar-refractivity contribution in [3.63, 3.8) is 0 Å². The zero-order chi connectivity index (χ0) is 13.7. The summed E-state index contributed by atoms with van der Waals surface area (Å²) in [5.41, 5.74) is 1.82. The van der Waals surface area contributed by atoms with Crippen LogP contribution >= 0.6 is 15.9 Å². The first-order chi connectivity index (χ1) is 9.19. The van der Waals surface area contributed by atoms with E-state index < -0.39 is 0 Å². The Morgan fingerprint density at radius 3 is 2.89 bits per heavy atom. The van der Waals surface area contributed by atoms with Gasteiger partial charge in [0.25, 0.3) is 0 Å². The van der Waals surface area contributed by atoms with E-state index in [4.69, 9.17) is 4.74 Å². The summed E-state index contributed by atoms with van der Waals surface area (Å²) in [5, 5.41) is 3.09. The van der Waals surface area contributed by atoms with Crippen molar-refractivity contribution in [1.82, 2.24) is 10.3 Å². The highest BCUT2D eigenvalue weighted by Crippen LogP contribution is 2.23. The minimum absolute atomic E-state index is 0.297. The molecule has 0 amide bonds. The maximum Gasteiger partial charge on any atom is 0.141 e. The Bertz CT molecular complexity index is 563. The summed E-state index contributed by atoms with van der Waals surface area (Å²) in [4.78, 5) is 3.79. The van der Waals surface area contributed by atoms with Crippen LogP contribution in [0.2, 0.25) is 0 Å². The molecule has 1 aromatic heterocycles. The van der Waals surface area contributed by atoms with Crippen LogP contribution in [-0.4, -0.2) is 12.0 Å². The number of nitrogens with zero attached hydrogens (tertiary/aromatic N) is 1. The molecule has 100 valence electrons. The van der Waals surface area contributed by atoms with E-state index in [1.54, 1.807) is 6.20 Å². The van der Waals surface area contributed by atoms with Crippen molar-refractivity contribution in [3.05, 3.63) is 58.1 Å². The Kier molecular flexibility index (Phi) is 4.87. The Morgan fingerprint density at radius 1 is 1.32 bits per heavy atom. The number of ether oxygens (including phenoxy) is 1. The fraction of sp³-hybridized carbons (Fsp3) is 0.214. The summed E-state index contributed by atoms with van der Waals surface area (Å²) in [6.07, 6.45) is 2.77. The van der Waals surface area contributed by atoms with Gasteiger partial charge in [0.1, 0.15) is 18.2 Å². The van der Waals surface area contributed by atoms with E-state index in [-0.39, 0.29) is 5.82 Å². The lowest BCUT2D eigenvalue weighted by Crippen LogP contribution is -2.06. The van der Waals surface area contributed by atoms with Gasteiger partial charge in [0.05, 0.1) is 6.20 Å². The van der Waals surface area contributed by atoms with Crippen molar-refractivity contribution in [2.24, 2.45) is 0 Å². The Balaban J connectivity index is 2.05. The lowest BCUT2D eigenvalue weighted by Gasteiger charge is -2.09. The standard InChI is InChI=1S/C14H14BrFN2O/c1-17-7-11-5-13(2-3-14(11)15)19-9-10-4-12(16)8-18-6-10/h2-6,8,17H,7,9H2,1H3. The number of pyridine rings is 1. The molecule has 3 nitrogen and oxygen atoms in total. The van der Waals surface area contributed by atoms with E-state index in [1.807, 2.05) is 25.2 Å². The van der Waals surface area contributed by atoms with Crippen LogP contribution in [0.15, 0.2) is 41.1 Å². The van der Waals surface area contributed by atoms with Crippen LogP contribution in [0, 0.1) is 5.82 Å². The number of aromatic nitrogens is 1. The number of benzene rings is 1. The van der Waals surface area contributed by atoms with E-state index in [0.29, 0.717) is 12.2 Å². The molecule has 1 N–H and O–H groups in total. The SMILES string of the molecule is CNCc1cc(OCc2cncc(F)c2)ccc1Br. The smallest absolute Gasteiger partial charge is 0.141 e. The van der Waals surface area contributed by atoms with Gasteiger partial charge in [0, 0.05) is 22.8 Å². The van der Waals surface area contributed by atoms with Gasteiger partial charge >= 0.3 is 0 Å². The van der Waals surface area contributed by atoms with Crippen molar-refractivity contribution in [1.29, 1.82) is 0 Å². The second kappa shape index (κ2) is 6.63. The fourth-order valence-electron chi connectivity index (χ4n) is 1.67. The molecule has 0 spiro atoms. The van der Waals surface area contributed by atoms with Crippen LogP contribution in [0.1, 0.15) is 11.1 Å². The molecular weight excluding hydrogens is 311 g/mol. The number of hydrogen-bond donors (Lipinski definition) is 1. The third-order valence-corrected chi connectivity index (χ3v) is 3.33. The lowest BCUT2D eigenvalue weighted by atomic mass is 10.2. The van der Waals surface area contributed by atoms with E-state index in [9.17, 15) is 4.39 Å². The highest BCUT2D eigenvalue weighted by molar-refractivity contribution is 9.10. The van der Waals surface area contributed by atoms with Crippen LogP contribution in [-0.2, 0) is 13.2 Å². The summed E-state index contributed by atoms with van der Waals surface area (Å²) in [7, 11) is 1.89. The summed E-state index contributed by atoms with van der Waals surface area (Å²) in [6.45, 7) is 1.05. The van der Waals surface area contributed by atoms with Crippen molar-refractivity contribution >= 4 is 15.9 Å². The molecule has 2 rings (SSSR count). The van der Waals surface area contributed by atoms with Crippen LogP contribution in [0.3, 0.4) is 0 Å². The maximum absolute atomic E-state index is 13.0. The highest BCUT2D eigenvalue weighted by atomic mass is 79.9. The third-order valence-electron chi connectivity index (χ3n) is 2.55. The number of halogens is 2. The van der Waals surface area contributed by atoms with Gasteiger partial charge in [-0.3, -0.25) is 4.98 Å². The normalized spacial score (nSPS) is 10.5. The predicted octanol–water partition coefficient (Wildman–Crippen LogP) is 3.28. The van der Waals surface area contributed by atoms with E-state index in [2.05, 4.69) is 26.2 Å². The van der Waals surface area contributed by atoms with Crippen LogP contribution < -0.4 is 10.1 Å². The van der Waals surface area contributed by atoms with Crippen molar-refractivity contribution in [2.45, 2.75) is 13.2 Å². The molecule has 0 radical (unpaired) electrons. The molecule has 0 saturated heterocycles. The summed E-state index contributed by atoms with van der Waals surface area (Å²) >= 11 is 3.48. The van der Waals surface area contributed by atoms with Gasteiger partial charge < -0.3 is 10.1 Å². The maximum atomic E-state index is 13.0. The molecule has 0 saturated carbocycles. The molecular formula is C14H14BrFN2O. The minimum atomic E-state index is -0.354. The monoisotopic (exact) mass is 324 g/mol. The first-order valence-electron chi connectivity index (χ1n) is 5.84. The van der Waals surface area contributed by atoms with E-state index in [1.165, 1.54) is 12.3 Å². The highest BCUT2D eigenvalue weighted by Gasteiger charge is 2.03. The van der Waals surface area contributed by atoms with Gasteiger partial charge in [-0.25, -0.2) is 4.39 Å². The quantitative estimate of drug-likeness (QED) is 0.916. The summed E-state index contributed by atoms with van der Waals surface area (Å²) in [6, 6.07) is 7.18. The van der Waals surface area contributed by atoms with Crippen LogP contribution in [0.4, 0.5) is 4.39 Å². The summed E-state index contributed by atoms with van der Waals surface area (Å²) < 4.78 is 19.6. The molecule has 0 unspecified atom stereocenters. The van der Waals surface area contributed by atoms with Crippen molar-refractivity contribution in [2.75, 3.05) is 7.05 Å². The molecule has 0 fully saturated rings. The molecule has 1 aromatic carbocycles. The van der Waals surface area contributed by atoms with Gasteiger partial charge in [0.15, 0.2) is 0 Å². The number of hydrogen-bond acceptors (Lipinski definition) is 3. The molecule has 5 heteroatoms. The van der Waals surface area contributed by atoms with Gasteiger partial charge in [-0.05, 0) is 36.9 Å². The number of rotatable bonds is 5. The van der Waals surface area contributed by atoms with Gasteiger partial charge in [-0.2, -0.15) is 0 Å². The molecule has 0 aliphatic rings. The molecule has 1 heterocycles. The molecule has 0 atom stereocenters. The lowest BCUT2D eigenvalue weighted by molar-refractivity contribution is 0.304. The minimum Gasteiger partial charge on any atom is -0.489 e. The second-order valence-electron chi connectivity index (χ2n) is 4.08. The topological polar surface area (TPSA) is 34.1 Å². The van der Waals surface area contributed by atoms with Crippen molar-refractivity contribution < 1.29 is 9.13 Å². The van der Waals surface area contributed by atoms with Gasteiger partial charge in [-0.15, -0.1) is 0 Å². The number of nitrogens with one attached hydrogen (secondary N) is 1. The van der Waals surface area contributed by atoms with Crippen LogP contribution in [0.25, 0.3) is 0 Å². The Morgan fingerprint density at radius 2 is 2.16 bits per heavy atom. The first-order valence-corrected chi connectivity index (χ1v) is 6.63. The molecule has 0 aliphatic heterocycles. The first kappa shape index (κ1) is 14.0. The molecule has 2 aromatic rings. The Hall–Kier alpha value is -1.46. The largest absolute Gasteiger partial charge is 0.489 e. The predicted molar refractivity (Wildman–Crippen MR) is 75.4 cm³/mol. The van der Waals surface area contributed by atoms with Crippen molar-refractivity contribution in [3.8, 4) is 5.75 Å². The third kappa shape index (κ3) is 4.01. The average molecular weight is 325 g/mol. The zero-order valence-electron chi connectivity index (χ0n) is 10.5. The summed E-state index contributed by atoms with van der Waals surface area (Å²) in [5.74, 6) is 0.394. The van der Waals surface area contributed by atoms with E-state index in [0.717, 1.165) is 22.3 Å². The second-order valence-corrected chi connectivity index (χ2v) is 4.94. The van der Waals surface area contributed by atoms with Gasteiger partial charge in [-0.1, -0.05) is 15.9 Å². The average Bonchev–Trinajstić information content (AvgIpc) is 2.40. The van der Waals surface area contributed by atoms with Crippen LogP contribution in [0.5, 0.6) is 5.75 Å². The molecule has 0 bridgehead atoms. The molecule has 19 heavy (non-hydrogen) atoms. The zero-order valence-corrected chi connectivity index (χ0v) is 12.1.